The molecular formula is C20H23N5O2S. The maximum absolute atomic E-state index is 12.3. The van der Waals surface area contributed by atoms with E-state index in [0.29, 0.717) is 0 Å². The predicted molar refractivity (Wildman–Crippen MR) is 112 cm³/mol. The lowest BCUT2D eigenvalue weighted by Crippen LogP contribution is -2.39. The van der Waals surface area contributed by atoms with E-state index in [2.05, 4.69) is 25.5 Å². The summed E-state index contributed by atoms with van der Waals surface area (Å²) in [6.07, 6.45) is 2.61. The molecule has 0 aliphatic carbocycles. The van der Waals surface area contributed by atoms with E-state index in [4.69, 9.17) is 4.74 Å². The molecular weight excluding hydrogens is 374 g/mol. The summed E-state index contributed by atoms with van der Waals surface area (Å²) in [6, 6.07) is 9.27. The van der Waals surface area contributed by atoms with Crippen LogP contribution < -0.4 is 20.3 Å². The predicted octanol–water partition coefficient (Wildman–Crippen LogP) is 3.88. The van der Waals surface area contributed by atoms with Gasteiger partial charge in [0, 0.05) is 24.8 Å². The maximum Gasteiger partial charge on any atom is 0.319 e. The normalized spacial score (nSPS) is 16.5. The third-order valence-corrected chi connectivity index (χ3v) is 5.43. The van der Waals surface area contributed by atoms with Gasteiger partial charge in [0.15, 0.2) is 0 Å². The molecule has 1 aliphatic rings. The second-order valence-corrected chi connectivity index (χ2v) is 7.97. The molecule has 1 aromatic carbocycles. The minimum Gasteiger partial charge on any atom is -0.491 e. The molecule has 2 N–H and O–H groups in total. The molecule has 0 spiro atoms. The van der Waals surface area contributed by atoms with Gasteiger partial charge in [-0.1, -0.05) is 0 Å². The molecule has 8 heteroatoms. The summed E-state index contributed by atoms with van der Waals surface area (Å²) in [5.74, 6) is 1.74. The van der Waals surface area contributed by atoms with Crippen molar-refractivity contribution in [2.45, 2.75) is 32.4 Å². The molecule has 0 bridgehead atoms. The summed E-state index contributed by atoms with van der Waals surface area (Å²) in [7, 11) is 0. The topological polar surface area (TPSA) is 79.4 Å². The Balaban J connectivity index is 1.33. The van der Waals surface area contributed by atoms with E-state index < -0.39 is 0 Å². The van der Waals surface area contributed by atoms with Crippen LogP contribution in [0.15, 0.2) is 42.0 Å². The summed E-state index contributed by atoms with van der Waals surface area (Å²) in [5, 5.41) is 7.96. The Morgan fingerprint density at radius 2 is 2.07 bits per heavy atom. The van der Waals surface area contributed by atoms with E-state index in [1.807, 2.05) is 49.6 Å². The lowest BCUT2D eigenvalue weighted by molar-refractivity contribution is 0.242. The van der Waals surface area contributed by atoms with Crippen molar-refractivity contribution in [3.8, 4) is 5.75 Å². The van der Waals surface area contributed by atoms with Crippen LogP contribution in [0.5, 0.6) is 5.75 Å². The molecule has 146 valence electrons. The zero-order valence-corrected chi connectivity index (χ0v) is 16.7. The Kier molecular flexibility index (Phi) is 5.29. The van der Waals surface area contributed by atoms with Gasteiger partial charge in [-0.3, -0.25) is 0 Å². The standard InChI is InChI=1S/C20H23N5O2S/c1-13(2)27-16-5-3-14(4-6-16)23-20(26)24-15-7-9-25(11-15)19-18-17(8-10-28-18)21-12-22-19/h3-6,8,10,12-13,15H,7,9,11H2,1-2H3,(H2,23,24,26). The Morgan fingerprint density at radius 3 is 2.86 bits per heavy atom. The number of carbonyl (C=O) groups is 1. The van der Waals surface area contributed by atoms with Crippen molar-refractivity contribution in [2.24, 2.45) is 0 Å². The van der Waals surface area contributed by atoms with Crippen LogP contribution in [-0.2, 0) is 0 Å². The van der Waals surface area contributed by atoms with Crippen molar-refractivity contribution in [1.82, 2.24) is 15.3 Å². The van der Waals surface area contributed by atoms with Gasteiger partial charge in [-0.05, 0) is 56.0 Å². The van der Waals surface area contributed by atoms with Crippen molar-refractivity contribution in [2.75, 3.05) is 23.3 Å². The number of ether oxygens (including phenoxy) is 1. The number of hydrogen-bond donors (Lipinski definition) is 2. The Labute approximate surface area is 167 Å². The first kappa shape index (κ1) is 18.5. The molecule has 3 heterocycles. The van der Waals surface area contributed by atoms with Crippen molar-refractivity contribution in [1.29, 1.82) is 0 Å². The van der Waals surface area contributed by atoms with Crippen LogP contribution in [0.3, 0.4) is 0 Å². The quantitative estimate of drug-likeness (QED) is 0.683. The molecule has 1 aliphatic heterocycles. The van der Waals surface area contributed by atoms with Crippen molar-refractivity contribution >= 4 is 39.1 Å². The fraction of sp³-hybridized carbons (Fsp3) is 0.350. The van der Waals surface area contributed by atoms with E-state index in [1.165, 1.54) is 0 Å². The minimum atomic E-state index is -0.201. The van der Waals surface area contributed by atoms with Crippen LogP contribution >= 0.6 is 11.3 Å². The van der Waals surface area contributed by atoms with E-state index in [0.717, 1.165) is 47.0 Å². The number of thiophene rings is 1. The highest BCUT2D eigenvalue weighted by atomic mass is 32.1. The number of anilines is 2. The van der Waals surface area contributed by atoms with Gasteiger partial charge in [0.25, 0.3) is 0 Å². The largest absolute Gasteiger partial charge is 0.491 e. The molecule has 0 radical (unpaired) electrons. The number of nitrogens with zero attached hydrogens (tertiary/aromatic N) is 3. The highest BCUT2D eigenvalue weighted by Crippen LogP contribution is 2.30. The molecule has 7 nitrogen and oxygen atoms in total. The average Bonchev–Trinajstić information content (AvgIpc) is 3.32. The van der Waals surface area contributed by atoms with Crippen LogP contribution in [0.25, 0.3) is 10.2 Å². The molecule has 1 saturated heterocycles. The van der Waals surface area contributed by atoms with Crippen LogP contribution in [-0.4, -0.2) is 41.2 Å². The second-order valence-electron chi connectivity index (χ2n) is 7.05. The van der Waals surface area contributed by atoms with Crippen LogP contribution in [0, 0.1) is 0 Å². The van der Waals surface area contributed by atoms with Gasteiger partial charge in [-0.2, -0.15) is 0 Å². The molecule has 28 heavy (non-hydrogen) atoms. The first-order valence-electron chi connectivity index (χ1n) is 9.36. The Hall–Kier alpha value is -2.87. The lowest BCUT2D eigenvalue weighted by Gasteiger charge is -2.18. The molecule has 4 rings (SSSR count). The second kappa shape index (κ2) is 8.02. The smallest absolute Gasteiger partial charge is 0.319 e. The summed E-state index contributed by atoms with van der Waals surface area (Å²) in [5.41, 5.74) is 1.70. The highest BCUT2D eigenvalue weighted by molar-refractivity contribution is 7.17. The van der Waals surface area contributed by atoms with E-state index >= 15 is 0 Å². The number of amides is 2. The number of benzene rings is 1. The van der Waals surface area contributed by atoms with Gasteiger partial charge in [0.2, 0.25) is 0 Å². The van der Waals surface area contributed by atoms with Crippen LogP contribution in [0.2, 0.25) is 0 Å². The molecule has 2 amide bonds. The maximum atomic E-state index is 12.3. The molecule has 1 unspecified atom stereocenters. The number of aromatic nitrogens is 2. The SMILES string of the molecule is CC(C)Oc1ccc(NC(=O)NC2CCN(c3ncnc4ccsc34)C2)cc1. The minimum absolute atomic E-state index is 0.0773. The van der Waals surface area contributed by atoms with Gasteiger partial charge in [0.05, 0.1) is 16.3 Å². The number of fused-ring (bicyclic) bond motifs is 1. The van der Waals surface area contributed by atoms with E-state index in [1.54, 1.807) is 17.7 Å². The zero-order chi connectivity index (χ0) is 19.5. The fourth-order valence-corrected chi connectivity index (χ4v) is 4.17. The molecule has 1 fully saturated rings. The van der Waals surface area contributed by atoms with E-state index in [9.17, 15) is 4.79 Å². The van der Waals surface area contributed by atoms with Gasteiger partial charge in [0.1, 0.15) is 17.9 Å². The summed E-state index contributed by atoms with van der Waals surface area (Å²) in [6.45, 7) is 5.56. The third-order valence-electron chi connectivity index (χ3n) is 4.53. The van der Waals surface area contributed by atoms with E-state index in [-0.39, 0.29) is 18.2 Å². The van der Waals surface area contributed by atoms with Crippen LogP contribution in [0.4, 0.5) is 16.3 Å². The molecule has 3 aromatic rings. The molecule has 2 aromatic heterocycles. The molecule has 1 atom stereocenters. The number of nitrogens with one attached hydrogen (secondary N) is 2. The lowest BCUT2D eigenvalue weighted by atomic mass is 10.2. The van der Waals surface area contributed by atoms with Gasteiger partial charge < -0.3 is 20.3 Å². The first-order chi connectivity index (χ1) is 13.6. The van der Waals surface area contributed by atoms with Gasteiger partial charge in [-0.15, -0.1) is 11.3 Å². The molecule has 0 saturated carbocycles. The monoisotopic (exact) mass is 397 g/mol. The van der Waals surface area contributed by atoms with Gasteiger partial charge >= 0.3 is 6.03 Å². The van der Waals surface area contributed by atoms with Crippen molar-refractivity contribution < 1.29 is 9.53 Å². The summed E-state index contributed by atoms with van der Waals surface area (Å²) < 4.78 is 6.71. The number of hydrogen-bond acceptors (Lipinski definition) is 6. The summed E-state index contributed by atoms with van der Waals surface area (Å²) >= 11 is 1.65. The van der Waals surface area contributed by atoms with Crippen molar-refractivity contribution in [3.05, 3.63) is 42.0 Å². The number of carbonyl (C=O) groups excluding carboxylic acids is 1. The Bertz CT molecular complexity index is 957. The number of urea groups is 1. The average molecular weight is 398 g/mol. The summed E-state index contributed by atoms with van der Waals surface area (Å²) in [4.78, 5) is 23.3. The number of rotatable bonds is 5. The third kappa shape index (κ3) is 4.17. The highest BCUT2D eigenvalue weighted by Gasteiger charge is 2.26. The van der Waals surface area contributed by atoms with Crippen molar-refractivity contribution in [3.63, 3.8) is 0 Å². The fourth-order valence-electron chi connectivity index (χ4n) is 3.31. The Morgan fingerprint density at radius 1 is 1.25 bits per heavy atom. The first-order valence-corrected chi connectivity index (χ1v) is 10.2. The zero-order valence-electron chi connectivity index (χ0n) is 15.9. The van der Waals surface area contributed by atoms with Gasteiger partial charge in [-0.25, -0.2) is 14.8 Å². The van der Waals surface area contributed by atoms with Crippen LogP contribution in [0.1, 0.15) is 20.3 Å².